The van der Waals surface area contributed by atoms with Crippen molar-refractivity contribution in [2.24, 2.45) is 0 Å². The average Bonchev–Trinajstić information content (AvgIpc) is 2.83. The summed E-state index contributed by atoms with van der Waals surface area (Å²) in [6, 6.07) is 3.13. The van der Waals surface area contributed by atoms with Crippen LogP contribution in [0.25, 0.3) is 0 Å². The van der Waals surface area contributed by atoms with Crippen molar-refractivity contribution in [3.63, 3.8) is 0 Å². The number of nitrogens with zero attached hydrogens (tertiary/aromatic N) is 2. The highest BCUT2D eigenvalue weighted by Gasteiger charge is 2.19. The van der Waals surface area contributed by atoms with E-state index in [0.29, 0.717) is 18.1 Å². The number of hydrogen-bond donors (Lipinski definition) is 2. The van der Waals surface area contributed by atoms with Crippen molar-refractivity contribution in [2.75, 3.05) is 11.9 Å². The Bertz CT molecular complexity index is 682. The molecule has 0 saturated heterocycles. The Morgan fingerprint density at radius 2 is 2.20 bits per heavy atom. The van der Waals surface area contributed by atoms with E-state index in [1.54, 1.807) is 12.3 Å². The van der Waals surface area contributed by atoms with Gasteiger partial charge in [0.1, 0.15) is 10.7 Å². The summed E-state index contributed by atoms with van der Waals surface area (Å²) in [7, 11) is -3.61. The van der Waals surface area contributed by atoms with Gasteiger partial charge in [0.15, 0.2) is 0 Å². The van der Waals surface area contributed by atoms with Gasteiger partial charge in [-0.05, 0) is 26.0 Å². The number of thiazole rings is 1. The summed E-state index contributed by atoms with van der Waals surface area (Å²) < 4.78 is 27.1. The van der Waals surface area contributed by atoms with Crippen molar-refractivity contribution >= 4 is 27.2 Å². The van der Waals surface area contributed by atoms with E-state index < -0.39 is 10.0 Å². The summed E-state index contributed by atoms with van der Waals surface area (Å²) >= 11 is 1.49. The molecule has 108 valence electrons. The van der Waals surface area contributed by atoms with Crippen LogP contribution in [0.1, 0.15) is 17.6 Å². The molecule has 0 aliphatic rings. The minimum Gasteiger partial charge on any atom is -0.369 e. The zero-order chi connectivity index (χ0) is 14.6. The Labute approximate surface area is 122 Å². The van der Waals surface area contributed by atoms with Gasteiger partial charge in [0.2, 0.25) is 10.0 Å². The average molecular weight is 312 g/mol. The normalized spacial score (nSPS) is 11.5. The van der Waals surface area contributed by atoms with Crippen LogP contribution in [-0.2, 0) is 16.6 Å². The molecule has 0 aliphatic carbocycles. The minimum absolute atomic E-state index is 0.147. The summed E-state index contributed by atoms with van der Waals surface area (Å²) in [6.45, 7) is 4.54. The van der Waals surface area contributed by atoms with E-state index in [4.69, 9.17) is 0 Å². The summed E-state index contributed by atoms with van der Waals surface area (Å²) in [5, 5.41) is 5.69. The fourth-order valence-electron chi connectivity index (χ4n) is 1.64. The van der Waals surface area contributed by atoms with Crippen LogP contribution < -0.4 is 10.0 Å². The summed E-state index contributed by atoms with van der Waals surface area (Å²) in [6.07, 6.45) is 1.56. The Kier molecular flexibility index (Phi) is 4.69. The van der Waals surface area contributed by atoms with E-state index in [1.807, 2.05) is 19.2 Å². The third-order valence-corrected chi connectivity index (χ3v) is 4.77. The van der Waals surface area contributed by atoms with Crippen LogP contribution in [0.5, 0.6) is 0 Å². The van der Waals surface area contributed by atoms with Gasteiger partial charge >= 0.3 is 0 Å². The van der Waals surface area contributed by atoms with E-state index in [0.717, 1.165) is 5.01 Å². The zero-order valence-corrected chi connectivity index (χ0v) is 12.9. The number of aryl methyl sites for hydroxylation is 1. The van der Waals surface area contributed by atoms with Crippen molar-refractivity contribution in [2.45, 2.75) is 25.3 Å². The van der Waals surface area contributed by atoms with Crippen molar-refractivity contribution in [3.8, 4) is 0 Å². The lowest BCUT2D eigenvalue weighted by molar-refractivity contribution is 0.580. The molecular formula is C12H16N4O2S2. The molecule has 8 heteroatoms. The second kappa shape index (κ2) is 6.29. The van der Waals surface area contributed by atoms with Crippen molar-refractivity contribution < 1.29 is 8.42 Å². The fraction of sp³-hybridized carbons (Fsp3) is 0.333. The first-order valence-electron chi connectivity index (χ1n) is 6.12. The Morgan fingerprint density at radius 3 is 2.85 bits per heavy atom. The molecule has 0 saturated carbocycles. The maximum Gasteiger partial charge on any atom is 0.244 e. The minimum atomic E-state index is -3.61. The fourth-order valence-corrected chi connectivity index (χ4v) is 3.39. The van der Waals surface area contributed by atoms with Crippen LogP contribution in [0.3, 0.4) is 0 Å². The lowest BCUT2D eigenvalue weighted by Crippen LogP contribution is -2.24. The number of sulfonamides is 1. The van der Waals surface area contributed by atoms with Gasteiger partial charge in [-0.25, -0.2) is 23.1 Å². The molecule has 0 unspecified atom stereocenters. The van der Waals surface area contributed by atoms with Crippen molar-refractivity contribution in [1.29, 1.82) is 0 Å². The first-order valence-corrected chi connectivity index (χ1v) is 8.49. The lowest BCUT2D eigenvalue weighted by Gasteiger charge is -2.10. The summed E-state index contributed by atoms with van der Waals surface area (Å²) in [5.41, 5.74) is 0.713. The number of nitrogens with one attached hydrogen (secondary N) is 2. The zero-order valence-electron chi connectivity index (χ0n) is 11.3. The molecule has 20 heavy (non-hydrogen) atoms. The van der Waals surface area contributed by atoms with E-state index in [2.05, 4.69) is 20.0 Å². The highest BCUT2D eigenvalue weighted by atomic mass is 32.2. The molecule has 2 rings (SSSR count). The predicted octanol–water partition coefficient (Wildman–Crippen LogP) is 1.76. The van der Waals surface area contributed by atoms with Gasteiger partial charge in [-0.3, -0.25) is 0 Å². The van der Waals surface area contributed by atoms with Crippen molar-refractivity contribution in [3.05, 3.63) is 34.4 Å². The predicted molar refractivity (Wildman–Crippen MR) is 79.3 cm³/mol. The molecule has 2 N–H and O–H groups in total. The molecule has 0 fully saturated rings. The van der Waals surface area contributed by atoms with Gasteiger partial charge in [-0.15, -0.1) is 11.3 Å². The second-order valence-corrected chi connectivity index (χ2v) is 6.86. The first-order chi connectivity index (χ1) is 9.53. The summed E-state index contributed by atoms with van der Waals surface area (Å²) in [5.74, 6) is 0.358. The van der Waals surface area contributed by atoms with Gasteiger partial charge in [0.05, 0.1) is 17.2 Å². The molecule has 0 atom stereocenters. The SMILES string of the molecule is CCNc1ncccc1S(=O)(=O)NCc1csc(C)n1. The van der Waals surface area contributed by atoms with Gasteiger partial charge in [0, 0.05) is 18.1 Å². The van der Waals surface area contributed by atoms with Crippen LogP contribution in [0, 0.1) is 6.92 Å². The van der Waals surface area contributed by atoms with Gasteiger partial charge in [0.25, 0.3) is 0 Å². The number of aromatic nitrogens is 2. The van der Waals surface area contributed by atoms with E-state index in [9.17, 15) is 8.42 Å². The molecule has 0 aromatic carbocycles. The third-order valence-electron chi connectivity index (χ3n) is 2.51. The Balaban J connectivity index is 2.18. The van der Waals surface area contributed by atoms with E-state index in [-0.39, 0.29) is 11.4 Å². The van der Waals surface area contributed by atoms with Crippen LogP contribution >= 0.6 is 11.3 Å². The van der Waals surface area contributed by atoms with Crippen LogP contribution in [-0.4, -0.2) is 24.9 Å². The molecule has 2 aromatic rings. The number of rotatable bonds is 6. The number of pyridine rings is 1. The smallest absolute Gasteiger partial charge is 0.244 e. The highest BCUT2D eigenvalue weighted by Crippen LogP contribution is 2.18. The van der Waals surface area contributed by atoms with Crippen LogP contribution in [0.2, 0.25) is 0 Å². The number of hydrogen-bond acceptors (Lipinski definition) is 6. The van der Waals surface area contributed by atoms with Gasteiger partial charge in [-0.2, -0.15) is 0 Å². The lowest BCUT2D eigenvalue weighted by atomic mass is 10.4. The standard InChI is InChI=1S/C12H16N4O2S2/c1-3-13-12-11(5-4-6-14-12)20(17,18)15-7-10-8-19-9(2)16-10/h4-6,8,15H,3,7H2,1-2H3,(H,13,14). The molecule has 6 nitrogen and oxygen atoms in total. The maximum absolute atomic E-state index is 12.3. The monoisotopic (exact) mass is 312 g/mol. The van der Waals surface area contributed by atoms with Gasteiger partial charge < -0.3 is 5.32 Å². The maximum atomic E-state index is 12.3. The highest BCUT2D eigenvalue weighted by molar-refractivity contribution is 7.89. The molecule has 0 aliphatic heterocycles. The molecule has 2 aromatic heterocycles. The topological polar surface area (TPSA) is 84.0 Å². The van der Waals surface area contributed by atoms with Gasteiger partial charge in [-0.1, -0.05) is 0 Å². The molecular weight excluding hydrogens is 296 g/mol. The third kappa shape index (κ3) is 3.53. The largest absolute Gasteiger partial charge is 0.369 e. The van der Waals surface area contributed by atoms with E-state index in [1.165, 1.54) is 17.4 Å². The molecule has 0 bridgehead atoms. The quantitative estimate of drug-likeness (QED) is 0.849. The second-order valence-electron chi connectivity index (χ2n) is 4.06. The Hall–Kier alpha value is -1.51. The molecule has 2 heterocycles. The molecule has 0 amide bonds. The van der Waals surface area contributed by atoms with E-state index >= 15 is 0 Å². The van der Waals surface area contributed by atoms with Crippen molar-refractivity contribution in [1.82, 2.24) is 14.7 Å². The van der Waals surface area contributed by atoms with Crippen LogP contribution in [0.4, 0.5) is 5.82 Å². The molecule has 0 spiro atoms. The first kappa shape index (κ1) is 14.9. The van der Waals surface area contributed by atoms with Crippen LogP contribution in [0.15, 0.2) is 28.6 Å². The summed E-state index contributed by atoms with van der Waals surface area (Å²) in [4.78, 5) is 8.42. The molecule has 0 radical (unpaired) electrons. The number of anilines is 1. The Morgan fingerprint density at radius 1 is 1.40 bits per heavy atom.